The van der Waals surface area contributed by atoms with Crippen LogP contribution in [0.5, 0.6) is 5.75 Å². The van der Waals surface area contributed by atoms with Gasteiger partial charge in [-0.3, -0.25) is 9.98 Å². The molecule has 1 N–H and O–H groups in total. The average molecular weight is 440 g/mol. The second-order valence-electron chi connectivity index (χ2n) is 5.37. The number of guanidine groups is 1. The van der Waals surface area contributed by atoms with Gasteiger partial charge in [0.05, 0.1) is 19.3 Å². The standard InChI is InChI=1S/C18H24N4O.HI/c1-14-6-5-11-20-17(14)12-21-18(19-2)22(3)13-15-7-9-16(23-4)10-8-15;/h5-11H,12-13H2,1-4H3,(H,19,21);1H. The Labute approximate surface area is 161 Å². The molecule has 0 amide bonds. The number of benzene rings is 1. The molecule has 0 fully saturated rings. The molecule has 0 atom stereocenters. The van der Waals surface area contributed by atoms with Crippen molar-refractivity contribution in [2.45, 2.75) is 20.0 Å². The van der Waals surface area contributed by atoms with Crippen molar-refractivity contribution in [3.05, 3.63) is 59.4 Å². The molecule has 0 unspecified atom stereocenters. The third kappa shape index (κ3) is 5.67. The van der Waals surface area contributed by atoms with E-state index in [9.17, 15) is 0 Å². The van der Waals surface area contributed by atoms with Crippen molar-refractivity contribution in [1.29, 1.82) is 0 Å². The minimum Gasteiger partial charge on any atom is -0.497 e. The number of rotatable bonds is 5. The van der Waals surface area contributed by atoms with Crippen LogP contribution in [0.15, 0.2) is 47.6 Å². The Morgan fingerprint density at radius 3 is 2.54 bits per heavy atom. The average Bonchev–Trinajstić information content (AvgIpc) is 2.57. The number of halogens is 1. The summed E-state index contributed by atoms with van der Waals surface area (Å²) in [4.78, 5) is 10.8. The summed E-state index contributed by atoms with van der Waals surface area (Å²) in [6, 6.07) is 12.1. The molecule has 2 rings (SSSR count). The lowest BCUT2D eigenvalue weighted by molar-refractivity contribution is 0.414. The van der Waals surface area contributed by atoms with Gasteiger partial charge < -0.3 is 15.0 Å². The predicted octanol–water partition coefficient (Wildman–Crippen LogP) is 3.22. The Balaban J connectivity index is 0.00000288. The van der Waals surface area contributed by atoms with Gasteiger partial charge in [-0.25, -0.2) is 0 Å². The molecule has 5 nitrogen and oxygen atoms in total. The molecule has 0 aliphatic heterocycles. The van der Waals surface area contributed by atoms with Crippen LogP contribution in [0.1, 0.15) is 16.8 Å². The van der Waals surface area contributed by atoms with Gasteiger partial charge in [0.1, 0.15) is 5.75 Å². The van der Waals surface area contributed by atoms with Gasteiger partial charge in [0.15, 0.2) is 5.96 Å². The fourth-order valence-corrected chi connectivity index (χ4v) is 2.33. The highest BCUT2D eigenvalue weighted by molar-refractivity contribution is 14.0. The van der Waals surface area contributed by atoms with E-state index in [1.807, 2.05) is 31.4 Å². The van der Waals surface area contributed by atoms with Gasteiger partial charge in [-0.15, -0.1) is 24.0 Å². The maximum absolute atomic E-state index is 5.18. The first-order chi connectivity index (χ1) is 11.1. The van der Waals surface area contributed by atoms with Crippen LogP contribution in [-0.2, 0) is 13.1 Å². The van der Waals surface area contributed by atoms with E-state index in [4.69, 9.17) is 4.74 Å². The fraction of sp³-hybridized carbons (Fsp3) is 0.333. The summed E-state index contributed by atoms with van der Waals surface area (Å²) in [6.07, 6.45) is 1.81. The number of hydrogen-bond donors (Lipinski definition) is 1. The van der Waals surface area contributed by atoms with E-state index >= 15 is 0 Å². The molecule has 2 aromatic rings. The summed E-state index contributed by atoms with van der Waals surface area (Å²) in [5.41, 5.74) is 3.41. The maximum atomic E-state index is 5.18. The summed E-state index contributed by atoms with van der Waals surface area (Å²) < 4.78 is 5.18. The molecule has 130 valence electrons. The van der Waals surface area contributed by atoms with Crippen LogP contribution < -0.4 is 10.1 Å². The Hall–Kier alpha value is -1.83. The minimum absolute atomic E-state index is 0. The fourth-order valence-electron chi connectivity index (χ4n) is 2.33. The number of aryl methyl sites for hydroxylation is 1. The molecule has 0 saturated carbocycles. The second kappa shape index (κ2) is 10.1. The summed E-state index contributed by atoms with van der Waals surface area (Å²) in [5, 5.41) is 3.36. The molecule has 1 heterocycles. The first kappa shape index (κ1) is 20.2. The van der Waals surface area contributed by atoms with Gasteiger partial charge in [-0.2, -0.15) is 0 Å². The molecule has 0 bridgehead atoms. The zero-order valence-corrected chi connectivity index (χ0v) is 16.9. The maximum Gasteiger partial charge on any atom is 0.194 e. The van der Waals surface area contributed by atoms with Crippen molar-refractivity contribution in [1.82, 2.24) is 15.2 Å². The lowest BCUT2D eigenvalue weighted by Crippen LogP contribution is -2.38. The van der Waals surface area contributed by atoms with E-state index < -0.39 is 0 Å². The Bertz CT molecular complexity index is 658. The van der Waals surface area contributed by atoms with E-state index in [1.165, 1.54) is 11.1 Å². The second-order valence-corrected chi connectivity index (χ2v) is 5.37. The number of ether oxygens (including phenoxy) is 1. The number of aromatic nitrogens is 1. The molecule has 24 heavy (non-hydrogen) atoms. The molecule has 1 aromatic carbocycles. The van der Waals surface area contributed by atoms with Crippen LogP contribution in [0.4, 0.5) is 0 Å². The van der Waals surface area contributed by atoms with Crippen molar-refractivity contribution >= 4 is 29.9 Å². The Morgan fingerprint density at radius 1 is 1.25 bits per heavy atom. The van der Waals surface area contributed by atoms with Gasteiger partial charge >= 0.3 is 0 Å². The van der Waals surface area contributed by atoms with E-state index in [0.29, 0.717) is 6.54 Å². The molecule has 0 aliphatic carbocycles. The predicted molar refractivity (Wildman–Crippen MR) is 109 cm³/mol. The van der Waals surface area contributed by atoms with E-state index in [2.05, 4.69) is 45.3 Å². The zero-order valence-electron chi connectivity index (χ0n) is 14.6. The molecule has 0 radical (unpaired) electrons. The number of nitrogens with zero attached hydrogens (tertiary/aromatic N) is 3. The van der Waals surface area contributed by atoms with Gasteiger partial charge in [-0.1, -0.05) is 18.2 Å². The minimum atomic E-state index is 0. The summed E-state index contributed by atoms with van der Waals surface area (Å²) in [6.45, 7) is 3.49. The van der Waals surface area contributed by atoms with E-state index in [-0.39, 0.29) is 24.0 Å². The van der Waals surface area contributed by atoms with E-state index in [0.717, 1.165) is 23.9 Å². The largest absolute Gasteiger partial charge is 0.497 e. The number of aliphatic imine (C=N–C) groups is 1. The van der Waals surface area contributed by atoms with Crippen LogP contribution in [0, 0.1) is 6.92 Å². The van der Waals surface area contributed by atoms with Crippen molar-refractivity contribution in [3.8, 4) is 5.75 Å². The Kier molecular flexibility index (Phi) is 8.53. The van der Waals surface area contributed by atoms with Crippen molar-refractivity contribution in [3.63, 3.8) is 0 Å². The van der Waals surface area contributed by atoms with Crippen molar-refractivity contribution < 1.29 is 4.74 Å². The highest BCUT2D eigenvalue weighted by Gasteiger charge is 2.08. The summed E-state index contributed by atoms with van der Waals surface area (Å²) >= 11 is 0. The number of pyridine rings is 1. The SMILES string of the molecule is CN=C(NCc1ncccc1C)N(C)Cc1ccc(OC)cc1.I. The highest BCUT2D eigenvalue weighted by atomic mass is 127. The number of hydrogen-bond acceptors (Lipinski definition) is 3. The van der Waals surface area contributed by atoms with Gasteiger partial charge in [0.25, 0.3) is 0 Å². The molecule has 1 aromatic heterocycles. The zero-order chi connectivity index (χ0) is 16.7. The number of nitrogens with one attached hydrogen (secondary N) is 1. The third-order valence-corrected chi connectivity index (χ3v) is 3.68. The smallest absolute Gasteiger partial charge is 0.194 e. The van der Waals surface area contributed by atoms with Crippen molar-refractivity contribution in [2.24, 2.45) is 4.99 Å². The molecule has 0 spiro atoms. The lowest BCUT2D eigenvalue weighted by Gasteiger charge is -2.22. The van der Waals surface area contributed by atoms with Crippen LogP contribution in [0.3, 0.4) is 0 Å². The quantitative estimate of drug-likeness (QED) is 0.441. The van der Waals surface area contributed by atoms with Crippen LogP contribution in [0.2, 0.25) is 0 Å². The van der Waals surface area contributed by atoms with Crippen LogP contribution in [-0.4, -0.2) is 37.0 Å². The third-order valence-electron chi connectivity index (χ3n) is 3.68. The molecular weight excluding hydrogens is 415 g/mol. The number of methoxy groups -OCH3 is 1. The molecule has 0 aliphatic rings. The van der Waals surface area contributed by atoms with Gasteiger partial charge in [0.2, 0.25) is 0 Å². The van der Waals surface area contributed by atoms with Crippen LogP contribution in [0.25, 0.3) is 0 Å². The monoisotopic (exact) mass is 440 g/mol. The molecular formula is C18H25IN4O. The molecule has 6 heteroatoms. The van der Waals surface area contributed by atoms with Gasteiger partial charge in [0, 0.05) is 26.8 Å². The van der Waals surface area contributed by atoms with Crippen molar-refractivity contribution in [2.75, 3.05) is 21.2 Å². The van der Waals surface area contributed by atoms with Gasteiger partial charge in [-0.05, 0) is 36.2 Å². The molecule has 0 saturated heterocycles. The normalized spacial score (nSPS) is 10.8. The summed E-state index contributed by atoms with van der Waals surface area (Å²) in [7, 11) is 5.48. The van der Waals surface area contributed by atoms with E-state index in [1.54, 1.807) is 14.2 Å². The first-order valence-corrected chi connectivity index (χ1v) is 7.59. The Morgan fingerprint density at radius 2 is 1.96 bits per heavy atom. The topological polar surface area (TPSA) is 49.8 Å². The lowest BCUT2D eigenvalue weighted by atomic mass is 10.2. The summed E-state index contributed by atoms with van der Waals surface area (Å²) in [5.74, 6) is 1.70. The van der Waals surface area contributed by atoms with Crippen LogP contribution >= 0.6 is 24.0 Å². The highest BCUT2D eigenvalue weighted by Crippen LogP contribution is 2.12. The first-order valence-electron chi connectivity index (χ1n) is 7.59.